The van der Waals surface area contributed by atoms with Crippen molar-refractivity contribution in [3.63, 3.8) is 0 Å². The zero-order valence-electron chi connectivity index (χ0n) is 14.3. The van der Waals surface area contributed by atoms with E-state index in [1.807, 2.05) is 22.6 Å². The Hall–Kier alpha value is -1.36. The minimum Gasteiger partial charge on any atom is -0.337 e. The molecular formula is C17H28N4O. The molecule has 1 amide bonds. The van der Waals surface area contributed by atoms with Crippen molar-refractivity contribution in [2.24, 2.45) is 5.41 Å². The number of carbonyl (C=O) groups excluding carboxylic acids is 1. The summed E-state index contributed by atoms with van der Waals surface area (Å²) in [4.78, 5) is 17.3. The van der Waals surface area contributed by atoms with Crippen LogP contribution in [0, 0.1) is 12.3 Å². The Bertz CT molecular complexity index is 561. The van der Waals surface area contributed by atoms with Gasteiger partial charge in [0.05, 0.1) is 0 Å². The van der Waals surface area contributed by atoms with E-state index in [4.69, 9.17) is 0 Å². The fraction of sp³-hybridized carbons (Fsp3) is 0.765. The molecule has 1 aromatic heterocycles. The topological polar surface area (TPSA) is 41.4 Å². The van der Waals surface area contributed by atoms with Gasteiger partial charge in [0, 0.05) is 36.8 Å². The average molecular weight is 304 g/mol. The van der Waals surface area contributed by atoms with Crippen LogP contribution in [0.25, 0.3) is 0 Å². The zero-order valence-corrected chi connectivity index (χ0v) is 14.3. The number of piperidine rings is 1. The van der Waals surface area contributed by atoms with E-state index in [-0.39, 0.29) is 11.9 Å². The summed E-state index contributed by atoms with van der Waals surface area (Å²) in [7, 11) is 2.18. The first-order chi connectivity index (χ1) is 10.4. The monoisotopic (exact) mass is 304 g/mol. The summed E-state index contributed by atoms with van der Waals surface area (Å²) >= 11 is 0. The molecule has 1 atom stereocenters. The van der Waals surface area contributed by atoms with Gasteiger partial charge in [0.25, 0.3) is 5.91 Å². The van der Waals surface area contributed by atoms with Gasteiger partial charge in [0.2, 0.25) is 0 Å². The van der Waals surface area contributed by atoms with E-state index in [9.17, 15) is 4.79 Å². The van der Waals surface area contributed by atoms with Gasteiger partial charge in [0.1, 0.15) is 0 Å². The minimum atomic E-state index is 0.108. The van der Waals surface area contributed by atoms with Gasteiger partial charge in [0.15, 0.2) is 5.69 Å². The van der Waals surface area contributed by atoms with Crippen LogP contribution in [-0.4, -0.2) is 58.7 Å². The average Bonchev–Trinajstić information content (AvgIpc) is 3.02. The summed E-state index contributed by atoms with van der Waals surface area (Å²) in [5.74, 6) is 0.108. The van der Waals surface area contributed by atoms with Crippen molar-refractivity contribution in [3.8, 4) is 0 Å². The maximum atomic E-state index is 12.8. The third-order valence-electron chi connectivity index (χ3n) is 5.21. The second kappa shape index (κ2) is 5.69. The molecule has 22 heavy (non-hydrogen) atoms. The van der Waals surface area contributed by atoms with E-state index >= 15 is 0 Å². The van der Waals surface area contributed by atoms with E-state index in [2.05, 4.69) is 30.9 Å². The predicted octanol–water partition coefficient (Wildman–Crippen LogP) is 2.33. The number of amides is 1. The van der Waals surface area contributed by atoms with E-state index in [1.54, 1.807) is 0 Å². The summed E-state index contributed by atoms with van der Waals surface area (Å²) in [6.07, 6.45) is 3.58. The highest BCUT2D eigenvalue weighted by atomic mass is 16.2. The summed E-state index contributed by atoms with van der Waals surface area (Å²) < 4.78 is 1.94. The molecule has 2 fully saturated rings. The van der Waals surface area contributed by atoms with E-state index < -0.39 is 0 Å². The molecule has 3 rings (SSSR count). The van der Waals surface area contributed by atoms with Gasteiger partial charge < -0.3 is 9.80 Å². The van der Waals surface area contributed by atoms with E-state index in [0.29, 0.717) is 11.1 Å². The molecule has 3 heterocycles. The maximum Gasteiger partial charge on any atom is 0.274 e. The van der Waals surface area contributed by atoms with Crippen LogP contribution in [0.2, 0.25) is 0 Å². The quantitative estimate of drug-likeness (QED) is 0.842. The first-order valence-electron chi connectivity index (χ1n) is 8.44. The van der Waals surface area contributed by atoms with Gasteiger partial charge in [-0.15, -0.1) is 0 Å². The lowest BCUT2D eigenvalue weighted by molar-refractivity contribution is 0.0528. The standard InChI is InChI=1S/C17H28N4O/c1-13(2)21-14(3)10-15(18-21)16(22)20-8-5-6-17(12-20)7-9-19(4)11-17/h10,13H,5-9,11-12H2,1-4H3. The number of hydrogen-bond donors (Lipinski definition) is 0. The lowest BCUT2D eigenvalue weighted by Gasteiger charge is -2.40. The molecule has 0 aliphatic carbocycles. The molecule has 122 valence electrons. The molecule has 1 aromatic rings. The van der Waals surface area contributed by atoms with Crippen LogP contribution in [0.5, 0.6) is 0 Å². The summed E-state index contributed by atoms with van der Waals surface area (Å²) in [6.45, 7) is 10.3. The van der Waals surface area contributed by atoms with Gasteiger partial charge in [-0.2, -0.15) is 5.10 Å². The van der Waals surface area contributed by atoms with Crippen LogP contribution in [-0.2, 0) is 0 Å². The van der Waals surface area contributed by atoms with Crippen molar-refractivity contribution >= 4 is 5.91 Å². The van der Waals surface area contributed by atoms with Crippen LogP contribution in [0.1, 0.15) is 55.3 Å². The van der Waals surface area contributed by atoms with E-state index in [1.165, 1.54) is 12.8 Å². The molecule has 0 saturated carbocycles. The highest BCUT2D eigenvalue weighted by molar-refractivity contribution is 5.92. The molecule has 2 aliphatic heterocycles. The third kappa shape index (κ3) is 2.78. The lowest BCUT2D eigenvalue weighted by atomic mass is 9.79. The normalized spacial score (nSPS) is 26.3. The first kappa shape index (κ1) is 15.5. The smallest absolute Gasteiger partial charge is 0.274 e. The maximum absolute atomic E-state index is 12.8. The highest BCUT2D eigenvalue weighted by Gasteiger charge is 2.41. The third-order valence-corrected chi connectivity index (χ3v) is 5.21. The van der Waals surface area contributed by atoms with Gasteiger partial charge in [-0.3, -0.25) is 9.48 Å². The fourth-order valence-corrected chi connectivity index (χ4v) is 4.15. The first-order valence-corrected chi connectivity index (χ1v) is 8.44. The molecule has 5 nitrogen and oxygen atoms in total. The number of likely N-dealkylation sites (tertiary alicyclic amines) is 2. The number of rotatable bonds is 2. The summed E-state index contributed by atoms with van der Waals surface area (Å²) in [6, 6.07) is 2.22. The Labute approximate surface area is 133 Å². The summed E-state index contributed by atoms with van der Waals surface area (Å²) in [5, 5.41) is 4.53. The molecule has 1 spiro atoms. The molecule has 0 radical (unpaired) electrons. The van der Waals surface area contributed by atoms with Crippen LogP contribution in [0.15, 0.2) is 6.07 Å². The zero-order chi connectivity index (χ0) is 15.9. The molecule has 2 saturated heterocycles. The molecule has 0 N–H and O–H groups in total. The number of hydrogen-bond acceptors (Lipinski definition) is 3. The molecule has 5 heteroatoms. The summed E-state index contributed by atoms with van der Waals surface area (Å²) in [5.41, 5.74) is 1.98. The van der Waals surface area contributed by atoms with Gasteiger partial charge in [-0.1, -0.05) is 0 Å². The number of aryl methyl sites for hydroxylation is 1. The van der Waals surface area contributed by atoms with Crippen LogP contribution < -0.4 is 0 Å². The minimum absolute atomic E-state index is 0.108. The fourth-order valence-electron chi connectivity index (χ4n) is 4.15. The second-order valence-electron chi connectivity index (χ2n) is 7.53. The second-order valence-corrected chi connectivity index (χ2v) is 7.53. The van der Waals surface area contributed by atoms with Crippen molar-refractivity contribution in [1.82, 2.24) is 19.6 Å². The molecule has 2 aliphatic rings. The molecular weight excluding hydrogens is 276 g/mol. The predicted molar refractivity (Wildman–Crippen MR) is 87.0 cm³/mol. The lowest BCUT2D eigenvalue weighted by Crippen LogP contribution is -2.47. The van der Waals surface area contributed by atoms with Gasteiger partial charge >= 0.3 is 0 Å². The Balaban J connectivity index is 1.76. The largest absolute Gasteiger partial charge is 0.337 e. The Morgan fingerprint density at radius 2 is 2.05 bits per heavy atom. The van der Waals surface area contributed by atoms with Crippen molar-refractivity contribution in [3.05, 3.63) is 17.5 Å². The van der Waals surface area contributed by atoms with Gasteiger partial charge in [-0.25, -0.2) is 0 Å². The van der Waals surface area contributed by atoms with Crippen LogP contribution in [0.4, 0.5) is 0 Å². The van der Waals surface area contributed by atoms with Crippen LogP contribution >= 0.6 is 0 Å². The molecule has 0 aromatic carbocycles. The van der Waals surface area contributed by atoms with Crippen molar-refractivity contribution < 1.29 is 4.79 Å². The Kier molecular flexibility index (Phi) is 4.02. The number of carbonyl (C=O) groups is 1. The van der Waals surface area contributed by atoms with Crippen LogP contribution in [0.3, 0.4) is 0 Å². The Morgan fingerprint density at radius 1 is 1.27 bits per heavy atom. The highest BCUT2D eigenvalue weighted by Crippen LogP contribution is 2.38. The van der Waals surface area contributed by atoms with Crippen molar-refractivity contribution in [1.29, 1.82) is 0 Å². The molecule has 1 unspecified atom stereocenters. The van der Waals surface area contributed by atoms with Crippen molar-refractivity contribution in [2.45, 2.75) is 46.1 Å². The van der Waals surface area contributed by atoms with Crippen molar-refractivity contribution in [2.75, 3.05) is 33.2 Å². The molecule has 0 bridgehead atoms. The number of aromatic nitrogens is 2. The van der Waals surface area contributed by atoms with E-state index in [0.717, 1.165) is 38.3 Å². The van der Waals surface area contributed by atoms with Gasteiger partial charge in [-0.05, 0) is 59.7 Å². The Morgan fingerprint density at radius 3 is 2.64 bits per heavy atom. The number of nitrogens with zero attached hydrogens (tertiary/aromatic N) is 4. The SMILES string of the molecule is Cc1cc(C(=O)N2CCCC3(CCN(C)C3)C2)nn1C(C)C.